The van der Waals surface area contributed by atoms with Crippen LogP contribution in [0.4, 0.5) is 5.69 Å². The van der Waals surface area contributed by atoms with E-state index in [2.05, 4.69) is 26.9 Å². The van der Waals surface area contributed by atoms with E-state index in [1.165, 1.54) is 17.4 Å². The zero-order valence-electron chi connectivity index (χ0n) is 11.7. The van der Waals surface area contributed by atoms with Gasteiger partial charge >= 0.3 is 0 Å². The molecule has 0 N–H and O–H groups in total. The number of ether oxygens (including phenoxy) is 1. The summed E-state index contributed by atoms with van der Waals surface area (Å²) in [5.41, 5.74) is 1.20. The second-order valence-electron chi connectivity index (χ2n) is 4.37. The third kappa shape index (κ3) is 3.36. The molecule has 5 nitrogen and oxygen atoms in total. The van der Waals surface area contributed by atoms with E-state index in [9.17, 15) is 0 Å². The fraction of sp³-hybridized carbons (Fsp3) is 0.429. The molecule has 0 unspecified atom stereocenters. The van der Waals surface area contributed by atoms with E-state index in [0.29, 0.717) is 0 Å². The first kappa shape index (κ1) is 14.5. The van der Waals surface area contributed by atoms with Crippen LogP contribution in [0.25, 0.3) is 0 Å². The van der Waals surface area contributed by atoms with Gasteiger partial charge in [-0.1, -0.05) is 11.8 Å². The Hall–Kier alpha value is -1.87. The highest BCUT2D eigenvalue weighted by Gasteiger charge is 2.19. The van der Waals surface area contributed by atoms with Gasteiger partial charge in [0.25, 0.3) is 0 Å². The Kier molecular flexibility index (Phi) is 5.13. The minimum atomic E-state index is 0.807. The van der Waals surface area contributed by atoms with E-state index >= 15 is 0 Å². The first-order valence-corrected chi connectivity index (χ1v) is 7.65. The molecule has 0 aliphatic carbocycles. The number of nitriles is 1. The third-order valence-electron chi connectivity index (χ3n) is 3.32. The zero-order valence-corrected chi connectivity index (χ0v) is 12.6. The maximum Gasteiger partial charge on any atom is 0.208 e. The fourth-order valence-electron chi connectivity index (χ4n) is 2.24. The second kappa shape index (κ2) is 7.06. The van der Waals surface area contributed by atoms with Gasteiger partial charge in [0.15, 0.2) is 5.17 Å². The van der Waals surface area contributed by atoms with Gasteiger partial charge < -0.3 is 14.5 Å². The van der Waals surface area contributed by atoms with E-state index in [0.717, 1.165) is 37.1 Å². The standard InChI is InChI=1S/C14H18N4OS/c1-19-13-5-3-12(4-6-13)17-7-9-18(10-8-17)14(20-2)16-11-15/h3-6H,7-10H2,1-2H3. The van der Waals surface area contributed by atoms with Crippen molar-refractivity contribution in [3.63, 3.8) is 0 Å². The number of aliphatic imine (C=N–C) groups is 1. The predicted octanol–water partition coefficient (Wildman–Crippen LogP) is 2.02. The molecule has 0 aromatic heterocycles. The molecule has 1 saturated heterocycles. The molecular weight excluding hydrogens is 272 g/mol. The molecule has 6 heteroatoms. The highest BCUT2D eigenvalue weighted by Crippen LogP contribution is 2.21. The van der Waals surface area contributed by atoms with Crippen LogP contribution in [0.1, 0.15) is 0 Å². The molecular formula is C14H18N4OS. The third-order valence-corrected chi connectivity index (χ3v) is 4.03. The SMILES string of the molecule is COc1ccc(N2CCN(C(=NC#N)SC)CC2)cc1. The Labute approximate surface area is 123 Å². The van der Waals surface area contributed by atoms with Crippen molar-refractivity contribution in [1.29, 1.82) is 5.26 Å². The van der Waals surface area contributed by atoms with Crippen LogP contribution < -0.4 is 9.64 Å². The monoisotopic (exact) mass is 290 g/mol. The Morgan fingerprint density at radius 1 is 1.25 bits per heavy atom. The van der Waals surface area contributed by atoms with E-state index in [-0.39, 0.29) is 0 Å². The van der Waals surface area contributed by atoms with Crippen LogP contribution >= 0.6 is 11.8 Å². The average Bonchev–Trinajstić information content (AvgIpc) is 2.53. The normalized spacial score (nSPS) is 15.9. The molecule has 0 bridgehead atoms. The minimum absolute atomic E-state index is 0.807. The molecule has 106 valence electrons. The molecule has 1 aliphatic heterocycles. The van der Waals surface area contributed by atoms with Gasteiger partial charge in [-0.15, -0.1) is 4.99 Å². The number of methoxy groups -OCH3 is 1. The predicted molar refractivity (Wildman–Crippen MR) is 83.3 cm³/mol. The van der Waals surface area contributed by atoms with Crippen molar-refractivity contribution in [2.24, 2.45) is 4.99 Å². The Morgan fingerprint density at radius 2 is 1.90 bits per heavy atom. The first-order chi connectivity index (χ1) is 9.78. The largest absolute Gasteiger partial charge is 0.497 e. The average molecular weight is 290 g/mol. The van der Waals surface area contributed by atoms with Gasteiger partial charge in [0.1, 0.15) is 5.75 Å². The Bertz CT molecular complexity index is 501. The molecule has 2 rings (SSSR count). The van der Waals surface area contributed by atoms with E-state index < -0.39 is 0 Å². The summed E-state index contributed by atoms with van der Waals surface area (Å²) >= 11 is 1.52. The smallest absolute Gasteiger partial charge is 0.208 e. The number of hydrogen-bond donors (Lipinski definition) is 0. The van der Waals surface area contributed by atoms with Crippen LogP contribution in [-0.2, 0) is 0 Å². The zero-order chi connectivity index (χ0) is 14.4. The summed E-state index contributed by atoms with van der Waals surface area (Å²) in [6.45, 7) is 3.62. The van der Waals surface area contributed by atoms with Crippen molar-refractivity contribution in [2.75, 3.05) is 44.4 Å². The highest BCUT2D eigenvalue weighted by molar-refractivity contribution is 8.13. The first-order valence-electron chi connectivity index (χ1n) is 6.43. The van der Waals surface area contributed by atoms with Gasteiger partial charge in [0, 0.05) is 31.9 Å². The van der Waals surface area contributed by atoms with Crippen LogP contribution in [0.3, 0.4) is 0 Å². The Balaban J connectivity index is 1.97. The number of anilines is 1. The van der Waals surface area contributed by atoms with Crippen LogP contribution in [0.15, 0.2) is 29.3 Å². The van der Waals surface area contributed by atoms with Gasteiger partial charge in [0.05, 0.1) is 7.11 Å². The molecule has 0 saturated carbocycles. The lowest BCUT2D eigenvalue weighted by atomic mass is 10.2. The van der Waals surface area contributed by atoms with Crippen molar-refractivity contribution in [2.45, 2.75) is 0 Å². The van der Waals surface area contributed by atoms with Crippen molar-refractivity contribution in [3.8, 4) is 11.9 Å². The lowest BCUT2D eigenvalue weighted by Gasteiger charge is -2.37. The number of thioether (sulfide) groups is 1. The van der Waals surface area contributed by atoms with Gasteiger partial charge in [-0.25, -0.2) is 0 Å². The fourth-order valence-corrected chi connectivity index (χ4v) is 2.81. The molecule has 0 atom stereocenters. The van der Waals surface area contributed by atoms with Crippen molar-refractivity contribution >= 4 is 22.6 Å². The van der Waals surface area contributed by atoms with E-state index in [1.807, 2.05) is 24.6 Å². The van der Waals surface area contributed by atoms with E-state index in [1.54, 1.807) is 7.11 Å². The molecule has 1 aromatic rings. The maximum atomic E-state index is 8.68. The molecule has 0 amide bonds. The summed E-state index contributed by atoms with van der Waals surface area (Å²) < 4.78 is 5.17. The lowest BCUT2D eigenvalue weighted by Crippen LogP contribution is -2.48. The van der Waals surface area contributed by atoms with Gasteiger partial charge in [-0.05, 0) is 30.5 Å². The highest BCUT2D eigenvalue weighted by atomic mass is 32.2. The summed E-state index contributed by atoms with van der Waals surface area (Å²) in [7, 11) is 1.67. The summed E-state index contributed by atoms with van der Waals surface area (Å²) in [4.78, 5) is 8.36. The van der Waals surface area contributed by atoms with Crippen molar-refractivity contribution in [1.82, 2.24) is 4.90 Å². The number of piperazine rings is 1. The van der Waals surface area contributed by atoms with Gasteiger partial charge in [0.2, 0.25) is 6.19 Å². The Morgan fingerprint density at radius 3 is 2.40 bits per heavy atom. The summed E-state index contributed by atoms with van der Waals surface area (Å²) in [5.74, 6) is 0.873. The number of nitrogens with zero attached hydrogens (tertiary/aromatic N) is 4. The molecule has 1 fully saturated rings. The van der Waals surface area contributed by atoms with Gasteiger partial charge in [-0.2, -0.15) is 5.26 Å². The lowest BCUT2D eigenvalue weighted by molar-refractivity contribution is 0.392. The molecule has 1 heterocycles. The molecule has 0 spiro atoms. The van der Waals surface area contributed by atoms with Crippen LogP contribution in [0, 0.1) is 11.5 Å². The minimum Gasteiger partial charge on any atom is -0.497 e. The second-order valence-corrected chi connectivity index (χ2v) is 5.14. The van der Waals surface area contributed by atoms with Gasteiger partial charge in [-0.3, -0.25) is 0 Å². The molecule has 1 aliphatic rings. The van der Waals surface area contributed by atoms with Crippen LogP contribution in [-0.4, -0.2) is 49.6 Å². The summed E-state index contributed by atoms with van der Waals surface area (Å²) in [6, 6.07) is 8.11. The summed E-state index contributed by atoms with van der Waals surface area (Å²) in [6.07, 6.45) is 3.82. The van der Waals surface area contributed by atoms with Crippen LogP contribution in [0.2, 0.25) is 0 Å². The quantitative estimate of drug-likeness (QED) is 0.474. The molecule has 1 aromatic carbocycles. The van der Waals surface area contributed by atoms with Crippen LogP contribution in [0.5, 0.6) is 5.75 Å². The van der Waals surface area contributed by atoms with Crippen molar-refractivity contribution in [3.05, 3.63) is 24.3 Å². The van der Waals surface area contributed by atoms with Crippen molar-refractivity contribution < 1.29 is 4.74 Å². The molecule has 20 heavy (non-hydrogen) atoms. The number of hydrogen-bond acceptors (Lipinski definition) is 5. The topological polar surface area (TPSA) is 51.9 Å². The summed E-state index contributed by atoms with van der Waals surface area (Å²) in [5, 5.41) is 9.49. The maximum absolute atomic E-state index is 8.68. The number of benzene rings is 1. The number of amidine groups is 1. The molecule has 0 radical (unpaired) electrons. The van der Waals surface area contributed by atoms with E-state index in [4.69, 9.17) is 10.00 Å². The number of rotatable bonds is 2.